The van der Waals surface area contributed by atoms with E-state index < -0.39 is 29.4 Å². The van der Waals surface area contributed by atoms with Crippen molar-refractivity contribution in [1.29, 1.82) is 0 Å². The largest absolute Gasteiger partial charge is 0.482 e. The van der Waals surface area contributed by atoms with E-state index in [-0.39, 0.29) is 23.0 Å². The van der Waals surface area contributed by atoms with Crippen LogP contribution in [0.5, 0.6) is 11.5 Å². The van der Waals surface area contributed by atoms with Gasteiger partial charge in [-0.25, -0.2) is 0 Å². The van der Waals surface area contributed by atoms with Crippen molar-refractivity contribution < 1.29 is 24.0 Å². The van der Waals surface area contributed by atoms with E-state index in [9.17, 15) is 19.7 Å². The summed E-state index contributed by atoms with van der Waals surface area (Å²) < 4.78 is 10.9. The molecule has 0 bridgehead atoms. The van der Waals surface area contributed by atoms with Gasteiger partial charge in [0, 0.05) is 12.1 Å². The van der Waals surface area contributed by atoms with Crippen LogP contribution in [0.4, 0.5) is 11.4 Å². The lowest BCUT2D eigenvalue weighted by molar-refractivity contribution is -0.384. The average molecular weight is 392 g/mol. The van der Waals surface area contributed by atoms with E-state index in [1.807, 2.05) is 0 Å². The zero-order valence-electron chi connectivity index (χ0n) is 13.8. The van der Waals surface area contributed by atoms with Gasteiger partial charge in [0.25, 0.3) is 17.5 Å². The van der Waals surface area contributed by atoms with Crippen LogP contribution in [0.3, 0.4) is 0 Å². The third kappa shape index (κ3) is 3.93. The highest BCUT2D eigenvalue weighted by molar-refractivity contribution is 6.32. The lowest BCUT2D eigenvalue weighted by Gasteiger charge is -2.33. The Labute approximate surface area is 158 Å². The fraction of sp³-hybridized carbons (Fsp3) is 0.176. The Bertz CT molecular complexity index is 919. The van der Waals surface area contributed by atoms with Crippen molar-refractivity contribution in [2.45, 2.75) is 6.10 Å². The van der Waals surface area contributed by atoms with Crippen molar-refractivity contribution in [2.75, 3.05) is 18.1 Å². The Balaban J connectivity index is 1.76. The maximum absolute atomic E-state index is 12.6. The van der Waals surface area contributed by atoms with Gasteiger partial charge in [0.2, 0.25) is 0 Å². The van der Waals surface area contributed by atoms with Crippen molar-refractivity contribution in [1.82, 2.24) is 0 Å². The number of carbonyl (C=O) groups is 2. The minimum Gasteiger partial charge on any atom is -0.482 e. The minimum atomic E-state index is -0.980. The molecule has 2 aromatic carbocycles. The SMILES string of the molecule is NC(=O)C1CN(C(=O)COc2ccc([N+](=O)[O-])cc2Cl)c2ccccc2O1. The van der Waals surface area contributed by atoms with Crippen LogP contribution in [0.15, 0.2) is 42.5 Å². The standard InChI is InChI=1S/C17H14ClN3O6/c18-11-7-10(21(24)25)5-6-13(11)26-9-16(22)20-8-15(17(19)23)27-14-4-2-1-3-12(14)20/h1-7,15H,8-9H2,(H2,19,23). The number of para-hydroxylation sites is 2. The molecule has 3 rings (SSSR count). The van der Waals surface area contributed by atoms with Crippen LogP contribution in [0, 0.1) is 10.1 Å². The number of nitro groups is 1. The fourth-order valence-electron chi connectivity index (χ4n) is 2.56. The van der Waals surface area contributed by atoms with Crippen LogP contribution in [0.1, 0.15) is 0 Å². The Kier molecular flexibility index (Phi) is 5.13. The smallest absolute Gasteiger partial charge is 0.271 e. The predicted octanol–water partition coefficient (Wildman–Crippen LogP) is 1.91. The molecule has 1 unspecified atom stereocenters. The second-order valence-electron chi connectivity index (χ2n) is 5.64. The number of halogens is 1. The summed E-state index contributed by atoms with van der Waals surface area (Å²) in [5, 5.41) is 10.7. The van der Waals surface area contributed by atoms with Gasteiger partial charge in [0.1, 0.15) is 11.5 Å². The van der Waals surface area contributed by atoms with Gasteiger partial charge >= 0.3 is 0 Å². The van der Waals surface area contributed by atoms with E-state index in [1.54, 1.807) is 24.3 Å². The maximum atomic E-state index is 12.6. The van der Waals surface area contributed by atoms with Crippen molar-refractivity contribution in [2.24, 2.45) is 5.73 Å². The van der Waals surface area contributed by atoms with E-state index in [0.29, 0.717) is 11.4 Å². The van der Waals surface area contributed by atoms with Crippen molar-refractivity contribution in [3.05, 3.63) is 57.6 Å². The molecule has 1 aliphatic heterocycles. The van der Waals surface area contributed by atoms with Gasteiger partial charge in [-0.05, 0) is 18.2 Å². The number of nitrogens with two attached hydrogens (primary N) is 1. The van der Waals surface area contributed by atoms with Crippen molar-refractivity contribution in [3.63, 3.8) is 0 Å². The molecule has 0 fully saturated rings. The molecule has 2 aromatic rings. The molecular formula is C17H14ClN3O6. The van der Waals surface area contributed by atoms with Gasteiger partial charge < -0.3 is 20.1 Å². The third-order valence-corrected chi connectivity index (χ3v) is 4.16. The number of benzene rings is 2. The summed E-state index contributed by atoms with van der Waals surface area (Å²) in [5.74, 6) is -0.661. The first-order valence-electron chi connectivity index (χ1n) is 7.79. The first kappa shape index (κ1) is 18.5. The highest BCUT2D eigenvalue weighted by Crippen LogP contribution is 2.33. The van der Waals surface area contributed by atoms with Gasteiger partial charge in [-0.15, -0.1) is 0 Å². The number of nitrogens with zero attached hydrogens (tertiary/aromatic N) is 2. The fourth-order valence-corrected chi connectivity index (χ4v) is 2.79. The Morgan fingerprint density at radius 3 is 2.74 bits per heavy atom. The van der Waals surface area contributed by atoms with Crippen LogP contribution in [0.2, 0.25) is 5.02 Å². The van der Waals surface area contributed by atoms with Crippen LogP contribution >= 0.6 is 11.6 Å². The summed E-state index contributed by atoms with van der Waals surface area (Å²) in [7, 11) is 0. The summed E-state index contributed by atoms with van der Waals surface area (Å²) >= 11 is 5.95. The molecule has 1 aliphatic rings. The molecule has 1 heterocycles. The topological polar surface area (TPSA) is 125 Å². The number of amides is 2. The number of anilines is 1. The molecule has 0 saturated carbocycles. The van der Waals surface area contributed by atoms with Gasteiger partial charge in [-0.2, -0.15) is 0 Å². The molecule has 2 N–H and O–H groups in total. The predicted molar refractivity (Wildman–Crippen MR) is 96.0 cm³/mol. The highest BCUT2D eigenvalue weighted by atomic mass is 35.5. The van der Waals surface area contributed by atoms with Crippen LogP contribution < -0.4 is 20.1 Å². The van der Waals surface area contributed by atoms with Crippen LogP contribution in [-0.2, 0) is 9.59 Å². The average Bonchev–Trinajstić information content (AvgIpc) is 2.65. The molecule has 0 saturated heterocycles. The van der Waals surface area contributed by atoms with Gasteiger partial charge in [0.15, 0.2) is 12.7 Å². The third-order valence-electron chi connectivity index (χ3n) is 3.87. The summed E-state index contributed by atoms with van der Waals surface area (Å²) in [6, 6.07) is 10.4. The lowest BCUT2D eigenvalue weighted by Crippen LogP contribution is -2.50. The molecule has 0 spiro atoms. The summed E-state index contributed by atoms with van der Waals surface area (Å²) in [5.41, 5.74) is 5.60. The minimum absolute atomic E-state index is 0.00869. The van der Waals surface area contributed by atoms with Crippen LogP contribution in [-0.4, -0.2) is 36.0 Å². The summed E-state index contributed by atoms with van der Waals surface area (Å²) in [6.07, 6.45) is -0.980. The van der Waals surface area contributed by atoms with E-state index in [0.717, 1.165) is 6.07 Å². The molecule has 9 nitrogen and oxygen atoms in total. The number of carbonyl (C=O) groups excluding carboxylic acids is 2. The summed E-state index contributed by atoms with van der Waals surface area (Å²) in [6.45, 7) is -0.445. The van der Waals surface area contributed by atoms with Gasteiger partial charge in [-0.3, -0.25) is 19.7 Å². The first-order valence-corrected chi connectivity index (χ1v) is 8.16. The van der Waals surface area contributed by atoms with E-state index >= 15 is 0 Å². The Morgan fingerprint density at radius 2 is 2.07 bits per heavy atom. The number of nitro benzene ring substituents is 1. The maximum Gasteiger partial charge on any atom is 0.271 e. The molecule has 27 heavy (non-hydrogen) atoms. The van der Waals surface area contributed by atoms with Crippen molar-refractivity contribution in [3.8, 4) is 11.5 Å². The molecule has 140 valence electrons. The normalized spacial score (nSPS) is 15.4. The molecule has 0 aliphatic carbocycles. The molecule has 2 amide bonds. The van der Waals surface area contributed by atoms with Gasteiger partial charge in [0.05, 0.1) is 22.2 Å². The monoisotopic (exact) mass is 391 g/mol. The number of non-ortho nitro benzene ring substituents is 1. The summed E-state index contributed by atoms with van der Waals surface area (Å²) in [4.78, 5) is 35.6. The molecule has 0 radical (unpaired) electrons. The molecular weight excluding hydrogens is 378 g/mol. The second-order valence-corrected chi connectivity index (χ2v) is 6.05. The molecule has 10 heteroatoms. The quantitative estimate of drug-likeness (QED) is 0.613. The number of hydrogen-bond donors (Lipinski definition) is 1. The Morgan fingerprint density at radius 1 is 1.33 bits per heavy atom. The zero-order valence-corrected chi connectivity index (χ0v) is 14.6. The lowest BCUT2D eigenvalue weighted by atomic mass is 10.2. The number of rotatable bonds is 5. The molecule has 0 aromatic heterocycles. The number of ether oxygens (including phenoxy) is 2. The Hall–Kier alpha value is -3.33. The van der Waals surface area contributed by atoms with E-state index in [1.165, 1.54) is 17.0 Å². The zero-order chi connectivity index (χ0) is 19.6. The number of hydrogen-bond acceptors (Lipinski definition) is 6. The first-order chi connectivity index (χ1) is 12.9. The highest BCUT2D eigenvalue weighted by Gasteiger charge is 2.32. The second kappa shape index (κ2) is 7.50. The number of fused-ring (bicyclic) bond motifs is 1. The van der Waals surface area contributed by atoms with Crippen LogP contribution in [0.25, 0.3) is 0 Å². The van der Waals surface area contributed by atoms with E-state index in [2.05, 4.69) is 0 Å². The molecule has 1 atom stereocenters. The number of primary amides is 1. The van der Waals surface area contributed by atoms with E-state index in [4.69, 9.17) is 26.8 Å². The van der Waals surface area contributed by atoms with Crippen molar-refractivity contribution >= 4 is 34.8 Å². The van der Waals surface area contributed by atoms with Gasteiger partial charge in [-0.1, -0.05) is 23.7 Å².